The molecule has 0 spiro atoms. The van der Waals surface area contributed by atoms with E-state index < -0.39 is 6.23 Å². The lowest BCUT2D eigenvalue weighted by atomic mass is 9.93. The molecule has 0 aromatic heterocycles. The summed E-state index contributed by atoms with van der Waals surface area (Å²) < 4.78 is 5.59. The van der Waals surface area contributed by atoms with Crippen molar-refractivity contribution in [2.24, 2.45) is 5.73 Å². The topological polar surface area (TPSA) is 117 Å². The van der Waals surface area contributed by atoms with E-state index in [2.05, 4.69) is 22.2 Å². The van der Waals surface area contributed by atoms with Crippen molar-refractivity contribution in [3.63, 3.8) is 0 Å². The number of amides is 1. The number of ether oxygens (including phenoxy) is 1. The van der Waals surface area contributed by atoms with Crippen LogP contribution in [0.2, 0.25) is 0 Å². The van der Waals surface area contributed by atoms with Crippen LogP contribution in [0.25, 0.3) is 22.3 Å². The Hall–Kier alpha value is -4.37. The zero-order valence-electron chi connectivity index (χ0n) is 22.8. The predicted molar refractivity (Wildman–Crippen MR) is 162 cm³/mol. The molecule has 4 aromatic rings. The number of carbonyl (C=O) groups excluding carboxylic acids is 1. The Bertz CT molecular complexity index is 1480. The molecular weight excluding hydrogens is 502 g/mol. The lowest BCUT2D eigenvalue weighted by Crippen LogP contribution is -2.44. The van der Waals surface area contributed by atoms with Crippen LogP contribution in [0.15, 0.2) is 84.9 Å². The van der Waals surface area contributed by atoms with Crippen LogP contribution in [-0.2, 0) is 0 Å². The summed E-state index contributed by atoms with van der Waals surface area (Å²) in [6.07, 6.45) is -1.22. The van der Waals surface area contributed by atoms with Crippen LogP contribution in [0.4, 0.5) is 17.1 Å². The van der Waals surface area contributed by atoms with Crippen molar-refractivity contribution in [1.29, 1.82) is 0 Å². The Morgan fingerprint density at radius 1 is 0.900 bits per heavy atom. The summed E-state index contributed by atoms with van der Waals surface area (Å²) in [7, 11) is 3.78. The number of aliphatic hydroxyl groups excluding tert-OH is 1. The summed E-state index contributed by atoms with van der Waals surface area (Å²) in [5, 5.41) is 13.2. The van der Waals surface area contributed by atoms with Crippen LogP contribution < -0.4 is 26.4 Å². The van der Waals surface area contributed by atoms with Crippen molar-refractivity contribution in [3.8, 4) is 28.0 Å². The van der Waals surface area contributed by atoms with Crippen LogP contribution in [0, 0.1) is 0 Å². The molecular formula is C32H35N5O3. The van der Waals surface area contributed by atoms with E-state index >= 15 is 0 Å². The number of hydrogen-bond acceptors (Lipinski definition) is 7. The van der Waals surface area contributed by atoms with Crippen molar-refractivity contribution in [1.82, 2.24) is 4.90 Å². The van der Waals surface area contributed by atoms with E-state index in [1.807, 2.05) is 72.8 Å². The van der Waals surface area contributed by atoms with Gasteiger partial charge in [0.2, 0.25) is 0 Å². The van der Waals surface area contributed by atoms with E-state index in [0.29, 0.717) is 22.5 Å². The van der Waals surface area contributed by atoms with E-state index in [1.165, 1.54) is 0 Å². The molecule has 0 bridgehead atoms. The first-order valence-corrected chi connectivity index (χ1v) is 13.3. The summed E-state index contributed by atoms with van der Waals surface area (Å²) in [6.45, 7) is 3.72. The van der Waals surface area contributed by atoms with E-state index in [1.54, 1.807) is 19.2 Å². The van der Waals surface area contributed by atoms with E-state index in [-0.39, 0.29) is 5.91 Å². The third-order valence-corrected chi connectivity index (χ3v) is 7.38. The molecule has 1 saturated heterocycles. The molecule has 0 aliphatic carbocycles. The number of likely N-dealkylation sites (N-methyl/N-ethyl adjacent to an activating group) is 1. The summed E-state index contributed by atoms with van der Waals surface area (Å²) >= 11 is 0. The number of carbonyl (C=O) groups is 1. The zero-order chi connectivity index (χ0) is 28.2. The standard InChI is InChI=1S/C32H35N5O3/c1-36-14-16-37(17-15-36)28-20-25(12-13-29(28)40-2)35-32(39)23-10-8-22(9-11-23)26-18-24(21-6-4-3-5-7-21)19-27(30(26)33)31(34)38/h3-13,18-20,31,38H,14-17,33-34H2,1-2H3,(H,35,39). The molecule has 40 heavy (non-hydrogen) atoms. The largest absolute Gasteiger partial charge is 0.495 e. The Morgan fingerprint density at radius 2 is 1.60 bits per heavy atom. The number of piperazine rings is 1. The van der Waals surface area contributed by atoms with Gasteiger partial charge >= 0.3 is 0 Å². The number of nitrogens with one attached hydrogen (secondary N) is 1. The quantitative estimate of drug-likeness (QED) is 0.202. The van der Waals surface area contributed by atoms with Crippen molar-refractivity contribution >= 4 is 23.0 Å². The molecule has 0 radical (unpaired) electrons. The number of nitrogens with zero attached hydrogens (tertiary/aromatic N) is 2. The number of hydrogen-bond donors (Lipinski definition) is 4. The van der Waals surface area contributed by atoms with Crippen molar-refractivity contribution in [3.05, 3.63) is 96.1 Å². The molecule has 1 amide bonds. The molecule has 1 aliphatic rings. The SMILES string of the molecule is COc1ccc(NC(=O)c2ccc(-c3cc(-c4ccccc4)cc(C(N)O)c3N)cc2)cc1N1CCN(C)CC1. The molecule has 1 fully saturated rings. The average Bonchev–Trinajstić information content (AvgIpc) is 2.98. The number of rotatable bonds is 7. The highest BCUT2D eigenvalue weighted by Gasteiger charge is 2.19. The van der Waals surface area contributed by atoms with Crippen molar-refractivity contribution < 1.29 is 14.6 Å². The second-order valence-corrected chi connectivity index (χ2v) is 10.0. The van der Waals surface area contributed by atoms with E-state index in [4.69, 9.17) is 16.2 Å². The van der Waals surface area contributed by atoms with Gasteiger partial charge in [0.1, 0.15) is 12.0 Å². The number of benzene rings is 4. The van der Waals surface area contributed by atoms with Gasteiger partial charge in [-0.05, 0) is 66.2 Å². The first kappa shape index (κ1) is 27.2. The van der Waals surface area contributed by atoms with Gasteiger partial charge in [-0.1, -0.05) is 42.5 Å². The molecule has 5 rings (SSSR count). The second-order valence-electron chi connectivity index (χ2n) is 10.0. The summed E-state index contributed by atoms with van der Waals surface area (Å²) in [5.74, 6) is 0.564. The first-order valence-electron chi connectivity index (χ1n) is 13.3. The molecule has 206 valence electrons. The van der Waals surface area contributed by atoms with Gasteiger partial charge < -0.3 is 36.4 Å². The third kappa shape index (κ3) is 5.79. The summed E-state index contributed by atoms with van der Waals surface area (Å²) in [5.41, 5.74) is 18.7. The Balaban J connectivity index is 1.39. The molecule has 4 aromatic carbocycles. The second kappa shape index (κ2) is 11.8. The Kier molecular flexibility index (Phi) is 8.02. The number of aliphatic hydroxyl groups is 1. The van der Waals surface area contributed by atoms with Gasteiger partial charge in [0.15, 0.2) is 0 Å². The fourth-order valence-electron chi connectivity index (χ4n) is 5.02. The van der Waals surface area contributed by atoms with Gasteiger partial charge in [0.05, 0.1) is 12.8 Å². The Morgan fingerprint density at radius 3 is 2.25 bits per heavy atom. The van der Waals surface area contributed by atoms with E-state index in [0.717, 1.165) is 59.9 Å². The van der Waals surface area contributed by atoms with Gasteiger partial charge in [-0.2, -0.15) is 0 Å². The van der Waals surface area contributed by atoms with Gasteiger partial charge in [-0.25, -0.2) is 0 Å². The number of methoxy groups -OCH3 is 1. The maximum Gasteiger partial charge on any atom is 0.255 e. The summed E-state index contributed by atoms with van der Waals surface area (Å²) in [4.78, 5) is 17.7. The molecule has 1 aliphatic heterocycles. The highest BCUT2D eigenvalue weighted by molar-refractivity contribution is 6.05. The fourth-order valence-corrected chi connectivity index (χ4v) is 5.02. The molecule has 8 nitrogen and oxygen atoms in total. The number of anilines is 3. The smallest absolute Gasteiger partial charge is 0.255 e. The minimum absolute atomic E-state index is 0.217. The molecule has 1 unspecified atom stereocenters. The predicted octanol–water partition coefficient (Wildman–Crippen LogP) is 4.57. The highest BCUT2D eigenvalue weighted by Crippen LogP contribution is 2.36. The van der Waals surface area contributed by atoms with Crippen LogP contribution in [-0.4, -0.2) is 56.3 Å². The van der Waals surface area contributed by atoms with Crippen LogP contribution in [0.5, 0.6) is 5.75 Å². The molecule has 1 heterocycles. The van der Waals surface area contributed by atoms with Crippen molar-refractivity contribution in [2.45, 2.75) is 6.23 Å². The molecule has 1 atom stereocenters. The average molecular weight is 538 g/mol. The normalized spacial score (nSPS) is 14.6. The highest BCUT2D eigenvalue weighted by atomic mass is 16.5. The minimum Gasteiger partial charge on any atom is -0.495 e. The maximum atomic E-state index is 13.2. The lowest BCUT2D eigenvalue weighted by Gasteiger charge is -2.34. The molecule has 0 saturated carbocycles. The summed E-state index contributed by atoms with van der Waals surface area (Å²) in [6, 6.07) is 26.6. The zero-order valence-corrected chi connectivity index (χ0v) is 22.8. The third-order valence-electron chi connectivity index (χ3n) is 7.38. The first-order chi connectivity index (χ1) is 19.3. The maximum absolute atomic E-state index is 13.2. The molecule has 6 N–H and O–H groups in total. The Labute approximate surface area is 234 Å². The number of nitrogen functional groups attached to an aromatic ring is 1. The van der Waals surface area contributed by atoms with Gasteiger partial charge in [-0.3, -0.25) is 4.79 Å². The minimum atomic E-state index is -1.22. The van der Waals surface area contributed by atoms with Gasteiger partial charge in [-0.15, -0.1) is 0 Å². The van der Waals surface area contributed by atoms with Crippen LogP contribution >= 0.6 is 0 Å². The monoisotopic (exact) mass is 537 g/mol. The van der Waals surface area contributed by atoms with E-state index in [9.17, 15) is 9.90 Å². The van der Waals surface area contributed by atoms with Crippen LogP contribution in [0.3, 0.4) is 0 Å². The van der Waals surface area contributed by atoms with Gasteiger partial charge in [0.25, 0.3) is 5.91 Å². The lowest BCUT2D eigenvalue weighted by molar-refractivity contribution is 0.102. The molecule has 8 heteroatoms. The van der Waals surface area contributed by atoms with Crippen molar-refractivity contribution in [2.75, 3.05) is 56.3 Å². The van der Waals surface area contributed by atoms with Gasteiger partial charge in [0, 0.05) is 54.2 Å². The van der Waals surface area contributed by atoms with Crippen LogP contribution in [0.1, 0.15) is 22.1 Å². The number of nitrogens with two attached hydrogens (primary N) is 2. The fraction of sp³-hybridized carbons (Fsp3) is 0.219.